The summed E-state index contributed by atoms with van der Waals surface area (Å²) >= 11 is 1.83. The molecule has 46 heavy (non-hydrogen) atoms. The molecule has 0 bridgehead atoms. The van der Waals surface area contributed by atoms with Gasteiger partial charge in [0.25, 0.3) is 0 Å². The predicted octanol–water partition coefficient (Wildman–Crippen LogP) is 11.1. The zero-order chi connectivity index (χ0) is 30.8. The number of nitrogens with zero attached hydrogens (tertiary/aromatic N) is 3. The highest BCUT2D eigenvalue weighted by Crippen LogP contribution is 2.50. The minimum absolute atomic E-state index is 0.869. The topological polar surface area (TPSA) is 38.7 Å². The van der Waals surface area contributed by atoms with Crippen LogP contribution in [0.5, 0.6) is 0 Å². The maximum Gasteiger partial charge on any atom is 0.105 e. The van der Waals surface area contributed by atoms with Crippen molar-refractivity contribution >= 4 is 31.5 Å². The van der Waals surface area contributed by atoms with Crippen LogP contribution in [0.2, 0.25) is 0 Å². The van der Waals surface area contributed by atoms with Crippen molar-refractivity contribution in [2.24, 2.45) is 0 Å². The van der Waals surface area contributed by atoms with Crippen LogP contribution in [0, 0.1) is 13.8 Å². The molecule has 0 saturated heterocycles. The van der Waals surface area contributed by atoms with Gasteiger partial charge >= 0.3 is 0 Å². The lowest BCUT2D eigenvalue weighted by Gasteiger charge is -2.20. The van der Waals surface area contributed by atoms with Gasteiger partial charge in [0.15, 0.2) is 0 Å². The molecule has 0 unspecified atom stereocenters. The second kappa shape index (κ2) is 10.6. The molecule has 0 saturated carbocycles. The molecule has 3 nitrogen and oxygen atoms in total. The van der Waals surface area contributed by atoms with E-state index in [2.05, 4.69) is 145 Å². The van der Waals surface area contributed by atoms with Gasteiger partial charge in [0.2, 0.25) is 0 Å². The van der Waals surface area contributed by atoms with Gasteiger partial charge in [-0.05, 0) is 98.8 Å². The van der Waals surface area contributed by atoms with Crippen LogP contribution in [-0.4, -0.2) is 15.4 Å². The number of rotatable bonds is 4. The molecule has 0 aliphatic heterocycles. The van der Waals surface area contributed by atoms with Crippen molar-refractivity contribution in [2.45, 2.75) is 20.3 Å². The summed E-state index contributed by atoms with van der Waals surface area (Å²) in [4.78, 5) is 0. The average Bonchev–Trinajstić information content (AvgIpc) is 3.67. The van der Waals surface area contributed by atoms with E-state index in [-0.39, 0.29) is 0 Å². The Balaban J connectivity index is 1.40. The lowest BCUT2D eigenvalue weighted by atomic mass is 9.84. The molecule has 0 spiro atoms. The third-order valence-corrected chi connectivity index (χ3v) is 10.8. The molecule has 1 aliphatic rings. The van der Waals surface area contributed by atoms with Gasteiger partial charge in [0.1, 0.15) is 5.69 Å². The second-order valence-electron chi connectivity index (χ2n) is 12.1. The Morgan fingerprint density at radius 1 is 0.587 bits per heavy atom. The Bertz CT molecular complexity index is 2470. The van der Waals surface area contributed by atoms with Crippen molar-refractivity contribution in [2.75, 3.05) is 0 Å². The van der Waals surface area contributed by atoms with Crippen LogP contribution in [0.15, 0.2) is 128 Å². The van der Waals surface area contributed by atoms with Crippen molar-refractivity contribution in [1.82, 2.24) is 15.4 Å². The number of hydrogen-bond donors (Lipinski definition) is 0. The normalized spacial score (nSPS) is 12.0. The van der Waals surface area contributed by atoms with Gasteiger partial charge in [-0.1, -0.05) is 109 Å². The van der Waals surface area contributed by atoms with Crippen molar-refractivity contribution in [3.05, 3.63) is 150 Å². The fraction of sp³-hybridized carbons (Fsp3) is 0.0714. The summed E-state index contributed by atoms with van der Waals surface area (Å²) in [7, 11) is 0. The van der Waals surface area contributed by atoms with Crippen molar-refractivity contribution in [3.8, 4) is 55.8 Å². The van der Waals surface area contributed by atoms with Gasteiger partial charge in [-0.15, -0.1) is 21.5 Å². The molecule has 0 radical (unpaired) electrons. The number of aryl methyl sites for hydroxylation is 1. The number of aromatic nitrogens is 3. The zero-order valence-electron chi connectivity index (χ0n) is 25.6. The highest BCUT2D eigenvalue weighted by molar-refractivity contribution is 7.26. The molecule has 4 heteroatoms. The maximum absolute atomic E-state index is 4.94. The van der Waals surface area contributed by atoms with E-state index in [0.29, 0.717) is 0 Å². The van der Waals surface area contributed by atoms with Crippen LogP contribution in [0.1, 0.15) is 22.3 Å². The third kappa shape index (κ3) is 4.07. The summed E-state index contributed by atoms with van der Waals surface area (Å²) in [5.74, 6) is 0. The predicted molar refractivity (Wildman–Crippen MR) is 192 cm³/mol. The number of fused-ring (bicyclic) bond motifs is 6. The maximum atomic E-state index is 4.94. The first-order chi connectivity index (χ1) is 22.7. The molecule has 8 aromatic rings. The largest absolute Gasteiger partial charge is 0.138 e. The highest BCUT2D eigenvalue weighted by atomic mass is 32.1. The molecule has 9 rings (SSSR count). The summed E-state index contributed by atoms with van der Waals surface area (Å²) in [6, 6.07) is 43.8. The minimum atomic E-state index is 0.869. The van der Waals surface area contributed by atoms with E-state index < -0.39 is 0 Å². The monoisotopic (exact) mass is 607 g/mol. The molecular weight excluding hydrogens is 579 g/mol. The first-order valence-corrected chi connectivity index (χ1v) is 16.5. The minimum Gasteiger partial charge on any atom is -0.138 e. The third-order valence-electron chi connectivity index (χ3n) is 9.62. The van der Waals surface area contributed by atoms with E-state index in [1.54, 1.807) is 0 Å². The molecule has 2 aromatic heterocycles. The second-order valence-corrected chi connectivity index (χ2v) is 13.2. The SMILES string of the molecule is Cc1cc2c(c(-c3cnnnc3-c3c(-c4ccccc4-c4ccccc4)ccc4sc5ccccc5c34)c1C)Cc1ccccc1-2. The first-order valence-electron chi connectivity index (χ1n) is 15.7. The van der Waals surface area contributed by atoms with Gasteiger partial charge in [-0.3, -0.25) is 0 Å². The van der Waals surface area contributed by atoms with Crippen LogP contribution >= 0.6 is 11.3 Å². The first kappa shape index (κ1) is 26.9. The standard InChI is InChI=1S/C42H29N3S/c1-25-22-34-30-16-7-6-14-28(30)23-35(34)39(26(25)2)36-24-43-45-44-42(36)41-32(20-21-38-40(41)33-18-10-11-19-37(33)46-38)31-17-9-8-15-29(31)27-12-4-3-5-13-27/h3-22,24H,23H2,1-2H3. The van der Waals surface area contributed by atoms with E-state index in [1.807, 2.05) is 17.5 Å². The Labute approximate surface area is 271 Å². The fourth-order valence-electron chi connectivity index (χ4n) is 7.40. The van der Waals surface area contributed by atoms with E-state index in [1.165, 1.54) is 75.8 Å². The van der Waals surface area contributed by atoms with Gasteiger partial charge < -0.3 is 0 Å². The van der Waals surface area contributed by atoms with Crippen LogP contribution in [0.4, 0.5) is 0 Å². The highest BCUT2D eigenvalue weighted by Gasteiger charge is 2.28. The van der Waals surface area contributed by atoms with Gasteiger partial charge in [0.05, 0.1) is 6.20 Å². The Kier molecular flexibility index (Phi) is 6.19. The number of hydrogen-bond acceptors (Lipinski definition) is 4. The molecule has 0 N–H and O–H groups in total. The molecule has 0 amide bonds. The number of thiophene rings is 1. The lowest BCUT2D eigenvalue weighted by molar-refractivity contribution is 0.873. The van der Waals surface area contributed by atoms with Gasteiger partial charge in [-0.2, -0.15) is 0 Å². The molecule has 2 heterocycles. The molecule has 0 fully saturated rings. The van der Waals surface area contributed by atoms with Crippen LogP contribution < -0.4 is 0 Å². The van der Waals surface area contributed by atoms with Crippen molar-refractivity contribution in [3.63, 3.8) is 0 Å². The molecule has 1 aliphatic carbocycles. The van der Waals surface area contributed by atoms with Crippen LogP contribution in [0.25, 0.3) is 75.9 Å². The fourth-order valence-corrected chi connectivity index (χ4v) is 8.51. The summed E-state index contributed by atoms with van der Waals surface area (Å²) < 4.78 is 2.50. The Morgan fingerprint density at radius 3 is 2.20 bits per heavy atom. The van der Waals surface area contributed by atoms with Crippen LogP contribution in [-0.2, 0) is 6.42 Å². The number of benzene rings is 6. The van der Waals surface area contributed by atoms with E-state index >= 15 is 0 Å². The van der Waals surface area contributed by atoms with Crippen molar-refractivity contribution in [1.29, 1.82) is 0 Å². The quantitative estimate of drug-likeness (QED) is 0.200. The Hall–Kier alpha value is -5.45. The molecule has 218 valence electrons. The van der Waals surface area contributed by atoms with E-state index in [0.717, 1.165) is 28.8 Å². The smallest absolute Gasteiger partial charge is 0.105 e. The summed E-state index contributed by atoms with van der Waals surface area (Å²) in [5, 5.41) is 16.1. The Morgan fingerprint density at radius 2 is 1.33 bits per heavy atom. The average molecular weight is 608 g/mol. The molecule has 6 aromatic carbocycles. The van der Waals surface area contributed by atoms with E-state index in [4.69, 9.17) is 5.10 Å². The molecule has 0 atom stereocenters. The zero-order valence-corrected chi connectivity index (χ0v) is 26.4. The van der Waals surface area contributed by atoms with E-state index in [9.17, 15) is 0 Å². The lowest BCUT2D eigenvalue weighted by Crippen LogP contribution is -2.02. The summed E-state index contributed by atoms with van der Waals surface area (Å²) in [5.41, 5.74) is 16.8. The van der Waals surface area contributed by atoms with Crippen LogP contribution in [0.3, 0.4) is 0 Å². The van der Waals surface area contributed by atoms with Gasteiger partial charge in [-0.25, -0.2) is 0 Å². The van der Waals surface area contributed by atoms with Gasteiger partial charge in [0, 0.05) is 31.3 Å². The summed E-state index contributed by atoms with van der Waals surface area (Å²) in [6.45, 7) is 4.46. The molecular formula is C42H29N3S. The van der Waals surface area contributed by atoms with Crippen molar-refractivity contribution < 1.29 is 0 Å². The summed E-state index contributed by atoms with van der Waals surface area (Å²) in [6.07, 6.45) is 2.83.